The van der Waals surface area contributed by atoms with E-state index in [4.69, 9.17) is 33.3 Å². The van der Waals surface area contributed by atoms with Crippen LogP contribution in [0.4, 0.5) is 41.5 Å². The van der Waals surface area contributed by atoms with Gasteiger partial charge < -0.3 is 28.1 Å². The molecule has 440 valence electrons. The number of ether oxygens (including phenoxy) is 1. The van der Waals surface area contributed by atoms with Gasteiger partial charge in [-0.15, -0.1) is 24.0 Å². The van der Waals surface area contributed by atoms with E-state index in [1.165, 1.54) is 7.11 Å². The van der Waals surface area contributed by atoms with Crippen LogP contribution in [0.15, 0.2) is 265 Å². The number of hydrogen-bond acceptors (Lipinski definition) is 20. The molecule has 21 nitrogen and oxygen atoms in total. The monoisotopic (exact) mass is 1350 g/mol. The third kappa shape index (κ3) is 16.7. The highest BCUT2D eigenvalue weighted by atomic mass is 127. The summed E-state index contributed by atoms with van der Waals surface area (Å²) in [5.74, 6) is 1.22. The number of nitrogens with one attached hydrogen (secondary N) is 2. The second-order valence-electron chi connectivity index (χ2n) is 18.3. The second-order valence-corrected chi connectivity index (χ2v) is 19.1. The number of carbonyl (C=O) groups excluding carboxylic acids is 2. The number of para-hydroxylation sites is 8. The number of benzene rings is 6. The van der Waals surface area contributed by atoms with Crippen molar-refractivity contribution in [2.75, 3.05) is 28.0 Å². The van der Waals surface area contributed by atoms with E-state index < -0.39 is 5.91 Å². The number of halogens is 2. The smallest absolute Gasteiger partial charge is 0.337 e. The summed E-state index contributed by atoms with van der Waals surface area (Å²) in [5.41, 5.74) is 15.8. The number of carbonyl (C=O) groups is 2. The topological polar surface area (TPSA) is 276 Å². The summed E-state index contributed by atoms with van der Waals surface area (Å²) >= 11 is 3.20. The Bertz CT molecular complexity index is 4140. The van der Waals surface area contributed by atoms with Crippen LogP contribution in [-0.2, 0) is 17.8 Å². The zero-order chi connectivity index (χ0) is 60.2. The molecule has 14 aromatic rings. The molecule has 0 fully saturated rings. The van der Waals surface area contributed by atoms with E-state index in [2.05, 4.69) is 61.1 Å². The fourth-order valence-electron chi connectivity index (χ4n) is 8.23. The number of rotatable bonds is 12. The normalized spacial score (nSPS) is 10.4. The molecule has 0 saturated carbocycles. The number of fused-ring (bicyclic) bond motifs is 4. The minimum absolute atomic E-state index is 0. The summed E-state index contributed by atoms with van der Waals surface area (Å²) < 4.78 is 28.0. The number of esters is 1. The van der Waals surface area contributed by atoms with Gasteiger partial charge in [0.1, 0.15) is 44.1 Å². The number of aromatic nitrogens is 8. The highest BCUT2D eigenvalue weighted by molar-refractivity contribution is 14.0. The number of nitrogens with two attached hydrogens (primary N) is 1. The van der Waals surface area contributed by atoms with Gasteiger partial charge in [-0.05, 0) is 148 Å². The minimum atomic E-state index is -0.554. The van der Waals surface area contributed by atoms with Gasteiger partial charge in [-0.3, -0.25) is 25.1 Å². The molecule has 1 amide bonds. The Balaban J connectivity index is 0.000000140. The van der Waals surface area contributed by atoms with E-state index >= 15 is 0 Å². The molecule has 8 aromatic heterocycles. The fourth-order valence-corrected chi connectivity index (χ4v) is 8.50. The molecular weight excluding hydrogens is 1300 g/mol. The van der Waals surface area contributed by atoms with Crippen molar-refractivity contribution < 1.29 is 37.2 Å². The highest BCUT2D eigenvalue weighted by Crippen LogP contribution is 2.31. The van der Waals surface area contributed by atoms with E-state index in [-0.39, 0.29) is 36.0 Å². The number of oxazole rings is 4. The molecule has 0 bridgehead atoms. The van der Waals surface area contributed by atoms with E-state index in [1.807, 2.05) is 204 Å². The molecule has 23 heteroatoms. The molecule has 0 aliphatic heterocycles. The molecule has 0 radical (unpaired) electrons. The lowest BCUT2D eigenvalue weighted by Crippen LogP contribution is -2.19. The predicted octanol–water partition coefficient (Wildman–Crippen LogP) is 14.9. The summed E-state index contributed by atoms with van der Waals surface area (Å²) in [6.45, 7) is 0.941. The largest absolute Gasteiger partial charge is 0.465 e. The predicted molar refractivity (Wildman–Crippen MR) is 349 cm³/mol. The maximum Gasteiger partial charge on any atom is 0.337 e. The molecule has 6 aromatic carbocycles. The third-order valence-electron chi connectivity index (χ3n) is 12.4. The first-order valence-electron chi connectivity index (χ1n) is 26.7. The summed E-state index contributed by atoms with van der Waals surface area (Å²) in [6, 6.07) is 68.6. The Kier molecular flexibility index (Phi) is 21.6. The molecule has 14 rings (SSSR count). The van der Waals surface area contributed by atoms with Crippen LogP contribution >= 0.6 is 39.9 Å². The van der Waals surface area contributed by atoms with Crippen molar-refractivity contribution in [3.63, 3.8) is 0 Å². The summed E-state index contributed by atoms with van der Waals surface area (Å²) in [7, 11) is 1.37. The first-order chi connectivity index (χ1) is 42.7. The highest BCUT2D eigenvalue weighted by Gasteiger charge is 2.20. The van der Waals surface area contributed by atoms with E-state index in [1.54, 1.807) is 54.5 Å². The quantitative estimate of drug-likeness (QED) is 0.0291. The van der Waals surface area contributed by atoms with Gasteiger partial charge in [-0.1, -0.05) is 97.1 Å². The van der Waals surface area contributed by atoms with Crippen molar-refractivity contribution in [3.05, 3.63) is 270 Å². The molecule has 8 heterocycles. The molecule has 88 heavy (non-hydrogen) atoms. The van der Waals surface area contributed by atoms with Crippen molar-refractivity contribution in [2.24, 2.45) is 0 Å². The Morgan fingerprint density at radius 1 is 0.489 bits per heavy atom. The summed E-state index contributed by atoms with van der Waals surface area (Å²) in [4.78, 5) is 61.1. The molecule has 0 aliphatic carbocycles. The van der Waals surface area contributed by atoms with Crippen molar-refractivity contribution >= 4 is 138 Å². The molecule has 5 N–H and O–H groups in total. The number of pyridine rings is 4. The van der Waals surface area contributed by atoms with Gasteiger partial charge in [0.2, 0.25) is 0 Å². The summed E-state index contributed by atoms with van der Waals surface area (Å²) in [6.07, 6.45) is 6.89. The molecule has 0 unspecified atom stereocenters. The van der Waals surface area contributed by atoms with Crippen LogP contribution in [0.3, 0.4) is 0 Å². The average molecular weight is 1350 g/mol. The Labute approximate surface area is 528 Å². The maximum atomic E-state index is 11.6. The molecular formula is C65H53BrIN13O8. The Hall–Kier alpha value is -10.9. The zero-order valence-corrected chi connectivity index (χ0v) is 50.6. The van der Waals surface area contributed by atoms with Crippen LogP contribution < -0.4 is 26.3 Å². The van der Waals surface area contributed by atoms with Crippen LogP contribution in [0.2, 0.25) is 0 Å². The second kappa shape index (κ2) is 30.8. The van der Waals surface area contributed by atoms with Crippen molar-refractivity contribution in [2.45, 2.75) is 13.1 Å². The Morgan fingerprint density at radius 2 is 0.909 bits per heavy atom. The van der Waals surface area contributed by atoms with Crippen LogP contribution in [0.1, 0.15) is 31.8 Å². The summed E-state index contributed by atoms with van der Waals surface area (Å²) in [5, 5.41) is 11.7. The van der Waals surface area contributed by atoms with Gasteiger partial charge in [0.05, 0.1) is 25.8 Å². The lowest BCUT2D eigenvalue weighted by atomic mass is 10.1. The number of hydroxylamine groups is 1. The van der Waals surface area contributed by atoms with Gasteiger partial charge >= 0.3 is 24.0 Å². The van der Waals surface area contributed by atoms with Gasteiger partial charge in [-0.25, -0.2) is 30.2 Å². The van der Waals surface area contributed by atoms with Crippen molar-refractivity contribution in [3.8, 4) is 0 Å². The fraction of sp³-hybridized carbons (Fsp3) is 0.0462. The Morgan fingerprint density at radius 3 is 1.31 bits per heavy atom. The first kappa shape index (κ1) is 61.7. The number of nitrogens with zero attached hydrogens (tertiary/aromatic N) is 10. The van der Waals surface area contributed by atoms with E-state index in [0.29, 0.717) is 59.5 Å². The third-order valence-corrected chi connectivity index (χ3v) is 12.9. The zero-order valence-electron chi connectivity index (χ0n) is 46.6. The van der Waals surface area contributed by atoms with Crippen molar-refractivity contribution in [1.29, 1.82) is 0 Å². The van der Waals surface area contributed by atoms with Crippen LogP contribution in [0.5, 0.6) is 0 Å². The lowest BCUT2D eigenvalue weighted by Gasteiger charge is -2.19. The molecule has 0 atom stereocenters. The van der Waals surface area contributed by atoms with E-state index in [9.17, 15) is 9.59 Å². The number of amides is 1. The van der Waals surface area contributed by atoms with Gasteiger partial charge in [0, 0.05) is 30.4 Å². The van der Waals surface area contributed by atoms with Gasteiger partial charge in [0.25, 0.3) is 11.9 Å². The van der Waals surface area contributed by atoms with Crippen LogP contribution in [0, 0.1) is 0 Å². The number of nitrogen functional groups attached to an aromatic ring is 1. The average Bonchev–Trinajstić information content (AvgIpc) is 4.41. The maximum absolute atomic E-state index is 11.6. The molecule has 0 spiro atoms. The lowest BCUT2D eigenvalue weighted by molar-refractivity contribution is 0.0600. The van der Waals surface area contributed by atoms with Crippen LogP contribution in [-0.4, -0.2) is 64.1 Å². The molecule has 0 aliphatic rings. The van der Waals surface area contributed by atoms with Crippen LogP contribution in [0.25, 0.3) is 44.4 Å². The van der Waals surface area contributed by atoms with Gasteiger partial charge in [0.15, 0.2) is 22.3 Å². The number of methoxy groups -OCH3 is 1. The van der Waals surface area contributed by atoms with E-state index in [0.717, 1.165) is 60.4 Å². The van der Waals surface area contributed by atoms with Gasteiger partial charge in [-0.2, -0.15) is 19.9 Å². The SMILES string of the molecule is Brc1ccccn1.COC(=O)c1ccc(CN(c2ccccn2)c2nc3ccccc3o2)cc1.I.Nc1nc2ccccc2o1.O=C(NO)c1ccc(CN(c2ccccn2)c2nc3ccccc3o2)cc1.c1ccc(Nc2nc3ccccc3o2)nc1. The number of hydrogen-bond donors (Lipinski definition) is 4. The first-order valence-corrected chi connectivity index (χ1v) is 27.5. The van der Waals surface area contributed by atoms with Crippen molar-refractivity contribution in [1.82, 2.24) is 45.4 Å². The minimum Gasteiger partial charge on any atom is -0.465 e. The standard InChI is InChI=1S/C21H17N3O3.C20H16N4O3.C12H9N3O.C7H6N2O.C5H4BrN.HI/c1-26-20(25)16-11-9-15(10-12-16)14-24(19-8-4-5-13-22-19)21-23-17-6-2-3-7-18(17)27-21;25-19(23-26)15-10-8-14(9-11-15)13-24(18-7-3-4-12-21-18)20-22-16-5-1-2-6-17(16)27-20;1-2-6-10-9(5-1)14-12(16-10)15-11-7-3-4-8-13-11;8-7-9-5-3-1-2-4-6(5)10-7;6-5-3-1-2-4-7-5;/h2-13H,14H2,1H3;1-12,26H,13H2,(H,23,25);1-8H,(H,13,14,15);1-4H,(H2,8,9);1-4H;1H. The number of anilines is 7. The molecule has 0 saturated heterocycles.